The van der Waals surface area contributed by atoms with Crippen LogP contribution in [0.5, 0.6) is 0 Å². The van der Waals surface area contributed by atoms with Gasteiger partial charge in [0.2, 0.25) is 10.5 Å². The molecule has 80 valence electrons. The molecule has 1 aliphatic rings. The highest BCUT2D eigenvalue weighted by Gasteiger charge is 2.26. The molecule has 0 amide bonds. The molecule has 0 heterocycles. The normalized spacial score (nSPS) is 29.0. The Morgan fingerprint density at radius 3 is 1.64 bits per heavy atom. The Morgan fingerprint density at radius 2 is 1.29 bits per heavy atom. The van der Waals surface area contributed by atoms with Crippen LogP contribution in [0.25, 0.3) is 0 Å². The van der Waals surface area contributed by atoms with Crippen molar-refractivity contribution in [2.24, 2.45) is 11.8 Å². The lowest BCUT2D eigenvalue weighted by Gasteiger charge is -2.21. The molecule has 1 saturated carbocycles. The minimum absolute atomic E-state index is 0.176. The summed E-state index contributed by atoms with van der Waals surface area (Å²) in [6, 6.07) is 0. The zero-order chi connectivity index (χ0) is 10.6. The van der Waals surface area contributed by atoms with E-state index in [4.69, 9.17) is 23.2 Å². The molecular formula is C10H14Cl2O2. The van der Waals surface area contributed by atoms with Crippen molar-refractivity contribution in [3.8, 4) is 0 Å². The molecule has 4 heteroatoms. The number of carbonyl (C=O) groups is 2. The molecule has 1 aliphatic carbocycles. The highest BCUT2D eigenvalue weighted by atomic mass is 35.5. The Labute approximate surface area is 93.9 Å². The number of carbonyl (C=O) groups excluding carboxylic acids is 2. The molecule has 2 nitrogen and oxygen atoms in total. The molecule has 0 N–H and O–H groups in total. The lowest BCUT2D eigenvalue weighted by Crippen LogP contribution is -2.20. The van der Waals surface area contributed by atoms with Gasteiger partial charge < -0.3 is 0 Å². The van der Waals surface area contributed by atoms with Crippen molar-refractivity contribution in [3.63, 3.8) is 0 Å². The summed E-state index contributed by atoms with van der Waals surface area (Å²) in [6.45, 7) is 0. The largest absolute Gasteiger partial charge is 0.281 e. The molecule has 0 spiro atoms. The van der Waals surface area contributed by atoms with Gasteiger partial charge in [-0.3, -0.25) is 9.59 Å². The van der Waals surface area contributed by atoms with Crippen molar-refractivity contribution < 1.29 is 9.59 Å². The van der Waals surface area contributed by atoms with Crippen LogP contribution in [0.3, 0.4) is 0 Å². The maximum atomic E-state index is 11.0. The zero-order valence-corrected chi connectivity index (χ0v) is 9.48. The lowest BCUT2D eigenvalue weighted by molar-refractivity contribution is -0.118. The van der Waals surface area contributed by atoms with E-state index in [9.17, 15) is 9.59 Å². The predicted octanol–water partition coefficient (Wildman–Crippen LogP) is 3.10. The predicted molar refractivity (Wildman–Crippen MR) is 56.4 cm³/mol. The van der Waals surface area contributed by atoms with Crippen molar-refractivity contribution >= 4 is 33.7 Å². The molecule has 14 heavy (non-hydrogen) atoms. The van der Waals surface area contributed by atoms with E-state index in [0.717, 1.165) is 32.1 Å². The first-order valence-corrected chi connectivity index (χ1v) is 5.75. The van der Waals surface area contributed by atoms with Gasteiger partial charge in [-0.15, -0.1) is 0 Å². The van der Waals surface area contributed by atoms with E-state index < -0.39 is 0 Å². The van der Waals surface area contributed by atoms with Crippen LogP contribution in [0.2, 0.25) is 0 Å². The topological polar surface area (TPSA) is 34.1 Å². The monoisotopic (exact) mass is 236 g/mol. The number of hydrogen-bond acceptors (Lipinski definition) is 2. The maximum Gasteiger partial charge on any atom is 0.224 e. The summed E-state index contributed by atoms with van der Waals surface area (Å²) in [4.78, 5) is 22.1. The van der Waals surface area contributed by atoms with Gasteiger partial charge in [-0.05, 0) is 42.5 Å². The summed E-state index contributed by atoms with van der Waals surface area (Å²) in [6.07, 6.45) is 5.22. The van der Waals surface area contributed by atoms with Crippen molar-refractivity contribution in [3.05, 3.63) is 0 Å². The average Bonchev–Trinajstić information content (AvgIpc) is 2.01. The first kappa shape index (κ1) is 12.0. The Morgan fingerprint density at radius 1 is 0.857 bits per heavy atom. The molecule has 0 aromatic carbocycles. The number of rotatable bonds is 2. The average molecular weight is 237 g/mol. The van der Waals surface area contributed by atoms with Crippen molar-refractivity contribution in [2.45, 2.75) is 38.5 Å². The fraction of sp³-hybridized carbons (Fsp3) is 0.800. The summed E-state index contributed by atoms with van der Waals surface area (Å²) in [5.74, 6) is -0.352. The Balaban J connectivity index is 2.59. The minimum atomic E-state index is -0.324. The second-order valence-corrected chi connectivity index (χ2v) is 4.62. The molecule has 1 fully saturated rings. The molecular weight excluding hydrogens is 223 g/mol. The molecule has 0 aliphatic heterocycles. The third kappa shape index (κ3) is 3.58. The van der Waals surface area contributed by atoms with E-state index >= 15 is 0 Å². The fourth-order valence-corrected chi connectivity index (χ4v) is 2.35. The highest BCUT2D eigenvalue weighted by Crippen LogP contribution is 2.29. The van der Waals surface area contributed by atoms with Gasteiger partial charge in [0.25, 0.3) is 0 Å². The van der Waals surface area contributed by atoms with E-state index in [1.165, 1.54) is 0 Å². The van der Waals surface area contributed by atoms with Crippen LogP contribution >= 0.6 is 23.2 Å². The molecule has 0 aromatic heterocycles. The lowest BCUT2D eigenvalue weighted by atomic mass is 9.85. The standard InChI is InChI=1S/C10H14Cl2O2/c11-9(13)7-4-2-1-3-5-8(6-7)10(12)14/h7-8H,1-6H2. The molecule has 2 unspecified atom stereocenters. The first-order chi connectivity index (χ1) is 6.61. The quantitative estimate of drug-likeness (QED) is 0.691. The molecule has 0 radical (unpaired) electrons. The third-order valence-corrected chi connectivity index (χ3v) is 3.43. The van der Waals surface area contributed by atoms with Crippen molar-refractivity contribution in [1.82, 2.24) is 0 Å². The smallest absolute Gasteiger partial charge is 0.224 e. The van der Waals surface area contributed by atoms with Gasteiger partial charge in [-0.1, -0.05) is 19.3 Å². The van der Waals surface area contributed by atoms with Gasteiger partial charge in [0.1, 0.15) is 0 Å². The summed E-state index contributed by atoms with van der Waals surface area (Å²) in [7, 11) is 0. The zero-order valence-electron chi connectivity index (χ0n) is 7.97. The van der Waals surface area contributed by atoms with E-state index in [1.54, 1.807) is 0 Å². The molecule has 1 rings (SSSR count). The Hall–Kier alpha value is -0.0800. The third-order valence-electron chi connectivity index (χ3n) is 2.82. The van der Waals surface area contributed by atoms with Crippen LogP contribution in [0, 0.1) is 11.8 Å². The summed E-state index contributed by atoms with van der Waals surface area (Å²) in [5, 5.41) is -0.648. The first-order valence-electron chi connectivity index (χ1n) is 5.00. The summed E-state index contributed by atoms with van der Waals surface area (Å²) >= 11 is 10.9. The van der Waals surface area contributed by atoms with E-state index in [0.29, 0.717) is 6.42 Å². The van der Waals surface area contributed by atoms with E-state index in [-0.39, 0.29) is 22.3 Å². The maximum absolute atomic E-state index is 11.0. The summed E-state index contributed by atoms with van der Waals surface area (Å²) < 4.78 is 0. The SMILES string of the molecule is O=C(Cl)C1CCCCCC(C(=O)Cl)C1. The van der Waals surface area contributed by atoms with Gasteiger partial charge in [0.15, 0.2) is 0 Å². The van der Waals surface area contributed by atoms with Crippen molar-refractivity contribution in [1.29, 1.82) is 0 Å². The van der Waals surface area contributed by atoms with Gasteiger partial charge in [-0.25, -0.2) is 0 Å². The minimum Gasteiger partial charge on any atom is -0.281 e. The van der Waals surface area contributed by atoms with Crippen LogP contribution in [-0.2, 0) is 9.59 Å². The number of halogens is 2. The van der Waals surface area contributed by atoms with E-state index in [2.05, 4.69) is 0 Å². The van der Waals surface area contributed by atoms with Crippen LogP contribution in [-0.4, -0.2) is 10.5 Å². The Bertz CT molecular complexity index is 206. The molecule has 0 saturated heterocycles. The summed E-state index contributed by atoms with van der Waals surface area (Å²) in [5.41, 5.74) is 0. The number of hydrogen-bond donors (Lipinski definition) is 0. The van der Waals surface area contributed by atoms with Crippen LogP contribution in [0.1, 0.15) is 38.5 Å². The van der Waals surface area contributed by atoms with Crippen LogP contribution in [0.15, 0.2) is 0 Å². The molecule has 0 aromatic rings. The molecule has 2 atom stereocenters. The van der Waals surface area contributed by atoms with Gasteiger partial charge in [0, 0.05) is 11.8 Å². The second kappa shape index (κ2) is 5.72. The van der Waals surface area contributed by atoms with Crippen molar-refractivity contribution in [2.75, 3.05) is 0 Å². The van der Waals surface area contributed by atoms with E-state index in [1.807, 2.05) is 0 Å². The van der Waals surface area contributed by atoms with Crippen LogP contribution < -0.4 is 0 Å². The Kier molecular flexibility index (Phi) is 4.90. The second-order valence-electron chi connectivity index (χ2n) is 3.88. The van der Waals surface area contributed by atoms with Gasteiger partial charge in [-0.2, -0.15) is 0 Å². The van der Waals surface area contributed by atoms with Crippen LogP contribution in [0.4, 0.5) is 0 Å². The fourth-order valence-electron chi connectivity index (χ4n) is 1.95. The van der Waals surface area contributed by atoms with Gasteiger partial charge >= 0.3 is 0 Å². The van der Waals surface area contributed by atoms with Gasteiger partial charge in [0.05, 0.1) is 0 Å². The molecule has 0 bridgehead atoms. The highest BCUT2D eigenvalue weighted by molar-refractivity contribution is 6.64.